The van der Waals surface area contributed by atoms with Gasteiger partial charge in [0.1, 0.15) is 0 Å². The average molecular weight is 470 g/mol. The summed E-state index contributed by atoms with van der Waals surface area (Å²) in [6.07, 6.45) is 7.17. The summed E-state index contributed by atoms with van der Waals surface area (Å²) >= 11 is 0. The van der Waals surface area contributed by atoms with E-state index in [4.69, 9.17) is 9.47 Å². The summed E-state index contributed by atoms with van der Waals surface area (Å²) in [6.45, 7) is 3.52. The Morgan fingerprint density at radius 1 is 1.12 bits per heavy atom. The molecule has 1 aliphatic carbocycles. The Morgan fingerprint density at radius 2 is 1.82 bits per heavy atom. The van der Waals surface area contributed by atoms with Crippen LogP contribution in [0.25, 0.3) is 0 Å². The van der Waals surface area contributed by atoms with Crippen LogP contribution in [0, 0.1) is 11.7 Å². The molecule has 2 aromatic rings. The highest BCUT2D eigenvalue weighted by Crippen LogP contribution is 2.34. The van der Waals surface area contributed by atoms with Gasteiger partial charge in [0.15, 0.2) is 0 Å². The van der Waals surface area contributed by atoms with E-state index in [1.807, 2.05) is 12.1 Å². The maximum Gasteiger partial charge on any atom is 0.255 e. The Labute approximate surface area is 199 Å². The Balaban J connectivity index is 1.16. The van der Waals surface area contributed by atoms with Crippen molar-refractivity contribution in [2.75, 3.05) is 30.0 Å². The van der Waals surface area contributed by atoms with E-state index in [1.165, 1.54) is 18.5 Å². The predicted octanol–water partition coefficient (Wildman–Crippen LogP) is 3.80. The molecule has 182 valence electrons. The maximum absolute atomic E-state index is 14.3. The number of hydrogen-bond donors (Lipinski definition) is 2. The average Bonchev–Trinajstić information content (AvgIpc) is 3.08. The van der Waals surface area contributed by atoms with Gasteiger partial charge in [-0.15, -0.1) is 0 Å². The van der Waals surface area contributed by atoms with Crippen LogP contribution in [-0.2, 0) is 9.53 Å². The summed E-state index contributed by atoms with van der Waals surface area (Å²) in [6, 6.07) is 9.31. The summed E-state index contributed by atoms with van der Waals surface area (Å²) < 4.78 is 25.7. The fraction of sp³-hybridized carbons (Fsp3) is 0.560. The minimum atomic E-state index is -0.573. The molecule has 3 fully saturated rings. The first-order valence-electron chi connectivity index (χ1n) is 12.2. The second kappa shape index (κ2) is 10.1. The third kappa shape index (κ3) is 5.24. The van der Waals surface area contributed by atoms with Crippen molar-refractivity contribution in [3.8, 4) is 5.88 Å². The number of halogens is 1. The highest BCUT2D eigenvalue weighted by molar-refractivity contribution is 5.73. The smallest absolute Gasteiger partial charge is 0.255 e. The van der Waals surface area contributed by atoms with Crippen molar-refractivity contribution in [3.63, 3.8) is 0 Å². The molecule has 2 atom stereocenters. The molecule has 34 heavy (non-hydrogen) atoms. The first-order valence-corrected chi connectivity index (χ1v) is 12.2. The van der Waals surface area contributed by atoms with Crippen LogP contribution < -0.4 is 20.3 Å². The number of fused-ring (bicyclic) bond motifs is 2. The number of carbonyl (C=O) groups is 1. The van der Waals surface area contributed by atoms with Crippen LogP contribution >= 0.6 is 0 Å². The quantitative estimate of drug-likeness (QED) is 0.638. The minimum Gasteiger partial charge on any atom is -0.475 e. The van der Waals surface area contributed by atoms with Crippen LogP contribution in [0.5, 0.6) is 5.88 Å². The van der Waals surface area contributed by atoms with Gasteiger partial charge in [-0.05, 0) is 68.7 Å². The zero-order valence-electron chi connectivity index (χ0n) is 19.5. The molecule has 2 saturated heterocycles. The number of anilines is 3. The molecular weight excluding hydrogens is 437 g/mol. The second-order valence-corrected chi connectivity index (χ2v) is 9.58. The lowest BCUT2D eigenvalue weighted by Gasteiger charge is -2.36. The molecule has 8 nitrogen and oxygen atoms in total. The highest BCUT2D eigenvalue weighted by Gasteiger charge is 2.37. The first-order chi connectivity index (χ1) is 16.5. The molecule has 9 heteroatoms. The molecule has 1 amide bonds. The van der Waals surface area contributed by atoms with Gasteiger partial charge in [0.2, 0.25) is 17.7 Å². The number of aromatic nitrogens is 2. The molecule has 1 aromatic heterocycles. The molecule has 5 rings (SSSR count). The number of carbonyl (C=O) groups excluding carboxylic acids is 1. The molecule has 2 unspecified atom stereocenters. The third-order valence-electron chi connectivity index (χ3n) is 7.08. The fourth-order valence-electron chi connectivity index (χ4n) is 5.37. The van der Waals surface area contributed by atoms with Crippen LogP contribution in [0.3, 0.4) is 0 Å². The van der Waals surface area contributed by atoms with Gasteiger partial charge in [0, 0.05) is 24.3 Å². The largest absolute Gasteiger partial charge is 0.475 e. The van der Waals surface area contributed by atoms with E-state index < -0.39 is 5.82 Å². The molecule has 3 aliphatic rings. The Hall–Kier alpha value is -2.94. The highest BCUT2D eigenvalue weighted by atomic mass is 19.1. The number of amides is 1. The van der Waals surface area contributed by atoms with Crippen molar-refractivity contribution >= 4 is 23.2 Å². The third-order valence-corrected chi connectivity index (χ3v) is 7.08. The zero-order valence-corrected chi connectivity index (χ0v) is 19.5. The zero-order chi connectivity index (χ0) is 23.5. The van der Waals surface area contributed by atoms with Crippen molar-refractivity contribution in [2.45, 2.75) is 63.6 Å². The van der Waals surface area contributed by atoms with Gasteiger partial charge in [0.05, 0.1) is 38.1 Å². The van der Waals surface area contributed by atoms with E-state index in [1.54, 1.807) is 6.92 Å². The number of ether oxygens (including phenoxy) is 2. The monoisotopic (exact) mass is 469 g/mol. The Bertz CT molecular complexity index is 981. The first kappa shape index (κ1) is 22.8. The van der Waals surface area contributed by atoms with Gasteiger partial charge in [0.25, 0.3) is 5.88 Å². The van der Waals surface area contributed by atoms with E-state index in [0.717, 1.165) is 50.8 Å². The van der Waals surface area contributed by atoms with E-state index in [9.17, 15) is 9.18 Å². The number of hydrogen-bond acceptors (Lipinski definition) is 7. The van der Waals surface area contributed by atoms with E-state index in [-0.39, 0.29) is 17.8 Å². The number of rotatable bonds is 7. The Morgan fingerprint density at radius 3 is 2.50 bits per heavy atom. The van der Waals surface area contributed by atoms with Crippen molar-refractivity contribution in [1.82, 2.24) is 15.3 Å². The molecule has 2 bridgehead atoms. The molecule has 2 N–H and O–H groups in total. The number of benzene rings is 1. The van der Waals surface area contributed by atoms with Crippen molar-refractivity contribution in [1.29, 1.82) is 0 Å². The van der Waals surface area contributed by atoms with Crippen molar-refractivity contribution in [2.24, 2.45) is 5.92 Å². The van der Waals surface area contributed by atoms with Gasteiger partial charge < -0.3 is 25.0 Å². The van der Waals surface area contributed by atoms with Gasteiger partial charge in [-0.3, -0.25) is 4.79 Å². The molecule has 1 saturated carbocycles. The van der Waals surface area contributed by atoms with E-state index >= 15 is 0 Å². The summed E-state index contributed by atoms with van der Waals surface area (Å²) in [5, 5.41) is 6.12. The number of morpholine rings is 1. The maximum atomic E-state index is 14.3. The van der Waals surface area contributed by atoms with Crippen molar-refractivity contribution in [3.05, 3.63) is 36.3 Å². The fourth-order valence-corrected chi connectivity index (χ4v) is 5.37. The van der Waals surface area contributed by atoms with Crippen LogP contribution in [0.15, 0.2) is 30.5 Å². The van der Waals surface area contributed by atoms with Crippen LogP contribution in [-0.4, -0.2) is 53.8 Å². The molecule has 2 aliphatic heterocycles. The van der Waals surface area contributed by atoms with E-state index in [0.29, 0.717) is 30.6 Å². The molecular formula is C25H32FN5O3. The van der Waals surface area contributed by atoms with Gasteiger partial charge in [-0.1, -0.05) is 0 Å². The predicted molar refractivity (Wildman–Crippen MR) is 127 cm³/mol. The minimum absolute atomic E-state index is 0.00521. The van der Waals surface area contributed by atoms with Crippen LogP contribution in [0.1, 0.15) is 45.4 Å². The molecule has 0 radical (unpaired) electrons. The number of nitrogens with one attached hydrogen (secondary N) is 2. The molecule has 0 spiro atoms. The number of nitrogens with zero attached hydrogens (tertiary/aromatic N) is 3. The SMILES string of the molecule is CC(=O)NC1CCC(COc2nc(Nc3ccc(N4C5CCC4COC5)cc3)ncc2F)CC1. The normalized spacial score (nSPS) is 26.2. The van der Waals surface area contributed by atoms with Gasteiger partial charge in [-0.2, -0.15) is 9.37 Å². The molecule has 3 heterocycles. The summed E-state index contributed by atoms with van der Waals surface area (Å²) in [5.41, 5.74) is 2.02. The summed E-state index contributed by atoms with van der Waals surface area (Å²) in [4.78, 5) is 22.0. The van der Waals surface area contributed by atoms with Gasteiger partial charge >= 0.3 is 0 Å². The standard InChI is InChI=1S/C25H32FN5O3/c1-16(32)28-18-4-2-17(3-5-18)13-34-24-23(26)12-27-25(30-24)29-19-6-8-20(9-7-19)31-21-10-11-22(31)15-33-14-21/h6-9,12,17-18,21-22H,2-5,10-11,13-15H2,1H3,(H,28,32)(H,27,29,30). The van der Waals surface area contributed by atoms with Gasteiger partial charge in [-0.25, -0.2) is 4.98 Å². The van der Waals surface area contributed by atoms with E-state index in [2.05, 4.69) is 37.6 Å². The lowest BCUT2D eigenvalue weighted by Crippen LogP contribution is -2.45. The Kier molecular flexibility index (Phi) is 6.80. The van der Waals surface area contributed by atoms with Crippen molar-refractivity contribution < 1.29 is 18.7 Å². The topological polar surface area (TPSA) is 88.6 Å². The summed E-state index contributed by atoms with van der Waals surface area (Å²) in [7, 11) is 0. The van der Waals surface area contributed by atoms with Crippen LogP contribution in [0.4, 0.5) is 21.7 Å². The lowest BCUT2D eigenvalue weighted by atomic mass is 9.86. The lowest BCUT2D eigenvalue weighted by molar-refractivity contribution is -0.119. The summed E-state index contributed by atoms with van der Waals surface area (Å²) in [5.74, 6) is 0.00742. The second-order valence-electron chi connectivity index (χ2n) is 9.58. The molecule has 1 aromatic carbocycles. The van der Waals surface area contributed by atoms with Crippen LogP contribution in [0.2, 0.25) is 0 Å².